The van der Waals surface area contributed by atoms with Gasteiger partial charge in [-0.05, 0) is 12.6 Å². The van der Waals surface area contributed by atoms with Crippen LogP contribution in [0.1, 0.15) is 11.3 Å². The van der Waals surface area contributed by atoms with Crippen molar-refractivity contribution in [1.82, 2.24) is 5.32 Å². The van der Waals surface area contributed by atoms with Crippen LogP contribution in [0.3, 0.4) is 0 Å². The number of rotatable bonds is 4. The van der Waals surface area contributed by atoms with E-state index in [0.717, 1.165) is 0 Å². The quantitative estimate of drug-likeness (QED) is 0.658. The van der Waals surface area contributed by atoms with Crippen molar-refractivity contribution in [2.75, 3.05) is 13.4 Å². The SMILES string of the molecule is CNC(c1ccccc1)P(=O)(O)CO. The molecule has 1 aromatic rings. The number of hydrogen-bond donors (Lipinski definition) is 3. The highest BCUT2D eigenvalue weighted by Gasteiger charge is 2.29. The summed E-state index contributed by atoms with van der Waals surface area (Å²) < 4.78 is 11.6. The molecule has 78 valence electrons. The molecule has 0 bridgehead atoms. The molecule has 0 saturated carbocycles. The van der Waals surface area contributed by atoms with Gasteiger partial charge in [0.05, 0.1) is 0 Å². The van der Waals surface area contributed by atoms with Crippen LogP contribution in [-0.2, 0) is 4.57 Å². The molecule has 0 aliphatic rings. The van der Waals surface area contributed by atoms with Crippen LogP contribution in [-0.4, -0.2) is 23.4 Å². The van der Waals surface area contributed by atoms with Crippen LogP contribution in [0.15, 0.2) is 30.3 Å². The summed E-state index contributed by atoms with van der Waals surface area (Å²) in [6, 6.07) is 8.91. The van der Waals surface area contributed by atoms with Gasteiger partial charge in [-0.1, -0.05) is 30.3 Å². The highest BCUT2D eigenvalue weighted by atomic mass is 31.2. The van der Waals surface area contributed by atoms with Gasteiger partial charge in [-0.2, -0.15) is 0 Å². The molecule has 3 N–H and O–H groups in total. The molecule has 4 nitrogen and oxygen atoms in total. The molecule has 2 atom stereocenters. The van der Waals surface area contributed by atoms with Crippen molar-refractivity contribution in [2.45, 2.75) is 5.78 Å². The Labute approximate surface area is 83.0 Å². The molecular formula is C9H14NO3P. The zero-order valence-corrected chi connectivity index (χ0v) is 8.82. The van der Waals surface area contributed by atoms with Gasteiger partial charge in [-0.25, -0.2) is 0 Å². The Kier molecular flexibility index (Phi) is 3.84. The van der Waals surface area contributed by atoms with E-state index in [1.807, 2.05) is 6.07 Å². The molecule has 0 aromatic heterocycles. The lowest BCUT2D eigenvalue weighted by molar-refractivity contribution is 0.325. The van der Waals surface area contributed by atoms with Gasteiger partial charge in [-0.3, -0.25) is 4.57 Å². The summed E-state index contributed by atoms with van der Waals surface area (Å²) in [7, 11) is -1.97. The molecule has 0 radical (unpaired) electrons. The van der Waals surface area contributed by atoms with E-state index < -0.39 is 19.5 Å². The van der Waals surface area contributed by atoms with Crippen LogP contribution in [0.5, 0.6) is 0 Å². The van der Waals surface area contributed by atoms with E-state index in [0.29, 0.717) is 5.56 Å². The first-order chi connectivity index (χ1) is 6.61. The maximum atomic E-state index is 11.6. The predicted molar refractivity (Wildman–Crippen MR) is 55.2 cm³/mol. The van der Waals surface area contributed by atoms with Crippen molar-refractivity contribution < 1.29 is 14.6 Å². The van der Waals surface area contributed by atoms with Gasteiger partial charge in [0.1, 0.15) is 12.1 Å². The second kappa shape index (κ2) is 4.71. The third-order valence-corrected chi connectivity index (χ3v) is 3.76. The number of benzene rings is 1. The lowest BCUT2D eigenvalue weighted by atomic mass is 10.2. The van der Waals surface area contributed by atoms with Gasteiger partial charge in [0.2, 0.25) is 7.37 Å². The van der Waals surface area contributed by atoms with Crippen LogP contribution < -0.4 is 5.32 Å². The molecule has 0 aliphatic heterocycles. The van der Waals surface area contributed by atoms with Gasteiger partial charge < -0.3 is 15.3 Å². The lowest BCUT2D eigenvalue weighted by Gasteiger charge is -2.21. The van der Waals surface area contributed by atoms with E-state index in [1.165, 1.54) is 0 Å². The summed E-state index contributed by atoms with van der Waals surface area (Å²) in [6.45, 7) is 0. The van der Waals surface area contributed by atoms with Crippen LogP contribution in [0.2, 0.25) is 0 Å². The molecule has 0 saturated heterocycles. The molecule has 1 rings (SSSR count). The molecule has 0 heterocycles. The van der Waals surface area contributed by atoms with Crippen molar-refractivity contribution in [1.29, 1.82) is 0 Å². The molecule has 0 fully saturated rings. The third kappa shape index (κ3) is 2.42. The van der Waals surface area contributed by atoms with Crippen LogP contribution in [0.4, 0.5) is 0 Å². The fraction of sp³-hybridized carbons (Fsp3) is 0.333. The van der Waals surface area contributed by atoms with Crippen molar-refractivity contribution >= 4 is 7.37 Å². The minimum Gasteiger partial charge on any atom is -0.386 e. The molecule has 0 amide bonds. The van der Waals surface area contributed by atoms with Gasteiger partial charge in [0.25, 0.3) is 0 Å². The largest absolute Gasteiger partial charge is 0.386 e. The van der Waals surface area contributed by atoms with Crippen LogP contribution in [0.25, 0.3) is 0 Å². The minimum atomic E-state index is -3.56. The summed E-state index contributed by atoms with van der Waals surface area (Å²) in [4.78, 5) is 9.48. The van der Waals surface area contributed by atoms with Crippen molar-refractivity contribution in [3.05, 3.63) is 35.9 Å². The van der Waals surface area contributed by atoms with Gasteiger partial charge >= 0.3 is 0 Å². The highest BCUT2D eigenvalue weighted by Crippen LogP contribution is 2.52. The monoisotopic (exact) mass is 215 g/mol. The van der Waals surface area contributed by atoms with E-state index in [9.17, 15) is 9.46 Å². The second-order valence-electron chi connectivity index (χ2n) is 3.00. The summed E-state index contributed by atoms with van der Waals surface area (Å²) in [5, 5.41) is 11.5. The van der Waals surface area contributed by atoms with E-state index in [-0.39, 0.29) is 0 Å². The normalized spacial score (nSPS) is 17.4. The number of hydrogen-bond acceptors (Lipinski definition) is 3. The highest BCUT2D eigenvalue weighted by molar-refractivity contribution is 7.58. The fourth-order valence-corrected chi connectivity index (χ4v) is 2.52. The van der Waals surface area contributed by atoms with Crippen LogP contribution >= 0.6 is 7.37 Å². The summed E-state index contributed by atoms with van der Waals surface area (Å²) in [5.41, 5.74) is 0.704. The van der Waals surface area contributed by atoms with Crippen molar-refractivity contribution in [2.24, 2.45) is 0 Å². The average molecular weight is 215 g/mol. The molecular weight excluding hydrogens is 201 g/mol. The Balaban J connectivity index is 3.00. The maximum absolute atomic E-state index is 11.6. The summed E-state index contributed by atoms with van der Waals surface area (Å²) in [5.74, 6) is -0.700. The standard InChI is InChI=1S/C9H14NO3P/c1-10-9(14(12,13)7-11)8-5-3-2-4-6-8/h2-6,9-11H,7H2,1H3,(H,12,13). The first-order valence-corrected chi connectivity index (χ1v) is 6.18. The number of nitrogens with one attached hydrogen (secondary N) is 1. The number of aliphatic hydroxyl groups excluding tert-OH is 1. The van der Waals surface area contributed by atoms with E-state index >= 15 is 0 Å². The van der Waals surface area contributed by atoms with E-state index in [2.05, 4.69) is 5.32 Å². The lowest BCUT2D eigenvalue weighted by Crippen LogP contribution is -2.17. The minimum absolute atomic E-state index is 0.700. The Bertz CT molecular complexity index is 328. The predicted octanol–water partition coefficient (Wildman–Crippen LogP) is 1.12. The fourth-order valence-electron chi connectivity index (χ4n) is 1.32. The Hall–Kier alpha value is -0.670. The third-order valence-electron chi connectivity index (χ3n) is 1.99. The van der Waals surface area contributed by atoms with Gasteiger partial charge in [0, 0.05) is 0 Å². The van der Waals surface area contributed by atoms with E-state index in [1.54, 1.807) is 31.3 Å². The zero-order valence-electron chi connectivity index (χ0n) is 7.92. The van der Waals surface area contributed by atoms with Crippen molar-refractivity contribution in [3.63, 3.8) is 0 Å². The molecule has 1 aromatic carbocycles. The molecule has 14 heavy (non-hydrogen) atoms. The van der Waals surface area contributed by atoms with Crippen LogP contribution in [0, 0.1) is 0 Å². The zero-order chi connectivity index (χ0) is 10.6. The molecule has 5 heteroatoms. The first-order valence-electron chi connectivity index (χ1n) is 4.26. The average Bonchev–Trinajstić information content (AvgIpc) is 2.20. The van der Waals surface area contributed by atoms with E-state index in [4.69, 9.17) is 5.11 Å². The second-order valence-corrected chi connectivity index (χ2v) is 5.31. The molecule has 0 spiro atoms. The molecule has 0 aliphatic carbocycles. The van der Waals surface area contributed by atoms with Gasteiger partial charge in [0.15, 0.2) is 0 Å². The summed E-state index contributed by atoms with van der Waals surface area (Å²) in [6.07, 6.45) is -0.715. The Morgan fingerprint density at radius 2 is 2.00 bits per heavy atom. The first kappa shape index (κ1) is 11.4. The summed E-state index contributed by atoms with van der Waals surface area (Å²) >= 11 is 0. The Morgan fingerprint density at radius 3 is 2.43 bits per heavy atom. The maximum Gasteiger partial charge on any atom is 0.245 e. The topological polar surface area (TPSA) is 69.6 Å². The van der Waals surface area contributed by atoms with Crippen molar-refractivity contribution in [3.8, 4) is 0 Å². The van der Waals surface area contributed by atoms with Gasteiger partial charge in [-0.15, -0.1) is 0 Å². The Morgan fingerprint density at radius 1 is 1.43 bits per heavy atom. The molecule has 2 unspecified atom stereocenters. The number of aliphatic hydroxyl groups is 1. The smallest absolute Gasteiger partial charge is 0.245 e.